The van der Waals surface area contributed by atoms with Crippen LogP contribution >= 0.6 is 0 Å². The summed E-state index contributed by atoms with van der Waals surface area (Å²) >= 11 is 0. The van der Waals surface area contributed by atoms with Crippen molar-refractivity contribution in [3.05, 3.63) is 0 Å². The van der Waals surface area contributed by atoms with Gasteiger partial charge in [0.1, 0.15) is 0 Å². The van der Waals surface area contributed by atoms with Crippen LogP contribution in [0.2, 0.25) is 0 Å². The molecule has 19 heavy (non-hydrogen) atoms. The maximum Gasteiger partial charge on any atom is 0.226 e. The SMILES string of the molecule is CC1(C#N)CCN(C(=O)C2C3C4CCC(C4)C23)CC1. The van der Waals surface area contributed by atoms with Crippen molar-refractivity contribution < 1.29 is 4.79 Å². The molecule has 0 aromatic heterocycles. The number of carbonyl (C=O) groups is 1. The Morgan fingerprint density at radius 3 is 2.32 bits per heavy atom. The number of likely N-dealkylation sites (tertiary alicyclic amines) is 1. The second-order valence-corrected chi connectivity index (χ2v) is 7.51. The summed E-state index contributed by atoms with van der Waals surface area (Å²) in [5.41, 5.74) is -0.199. The summed E-state index contributed by atoms with van der Waals surface area (Å²) in [6.45, 7) is 3.63. The standard InChI is InChI=1S/C16H22N2O/c1-16(9-17)4-6-18(7-5-16)15(19)14-12-10-2-3-11(8-10)13(12)14/h10-14H,2-8H2,1H3. The number of piperidine rings is 1. The first-order valence-corrected chi connectivity index (χ1v) is 7.83. The Kier molecular flexibility index (Phi) is 2.32. The maximum atomic E-state index is 12.6. The first-order chi connectivity index (χ1) is 9.13. The van der Waals surface area contributed by atoms with Crippen molar-refractivity contribution in [3.8, 4) is 6.07 Å². The van der Waals surface area contributed by atoms with Crippen LogP contribution in [0.15, 0.2) is 0 Å². The Morgan fingerprint density at radius 1 is 1.21 bits per heavy atom. The maximum absolute atomic E-state index is 12.6. The molecule has 0 spiro atoms. The van der Waals surface area contributed by atoms with Gasteiger partial charge in [0.25, 0.3) is 0 Å². The molecule has 4 atom stereocenters. The van der Waals surface area contributed by atoms with Gasteiger partial charge in [-0.15, -0.1) is 0 Å². The third-order valence-corrected chi connectivity index (χ3v) is 6.47. The van der Waals surface area contributed by atoms with Crippen molar-refractivity contribution in [2.75, 3.05) is 13.1 Å². The third kappa shape index (κ3) is 1.58. The molecular formula is C16H22N2O. The van der Waals surface area contributed by atoms with Gasteiger partial charge in [-0.05, 0) is 62.7 Å². The Labute approximate surface area is 115 Å². The molecule has 1 saturated heterocycles. The second-order valence-electron chi connectivity index (χ2n) is 7.51. The highest BCUT2D eigenvalue weighted by atomic mass is 16.2. The van der Waals surface area contributed by atoms with E-state index < -0.39 is 0 Å². The zero-order valence-electron chi connectivity index (χ0n) is 11.6. The molecule has 4 rings (SSSR count). The van der Waals surface area contributed by atoms with E-state index in [-0.39, 0.29) is 5.41 Å². The summed E-state index contributed by atoms with van der Waals surface area (Å²) in [6.07, 6.45) is 5.87. The Balaban J connectivity index is 1.40. The normalized spacial score (nSPS) is 45.7. The molecule has 4 aliphatic rings. The number of hydrogen-bond donors (Lipinski definition) is 0. The van der Waals surface area contributed by atoms with Crippen molar-refractivity contribution in [1.29, 1.82) is 5.26 Å². The van der Waals surface area contributed by atoms with Crippen LogP contribution in [0.4, 0.5) is 0 Å². The smallest absolute Gasteiger partial charge is 0.226 e. The number of hydrogen-bond acceptors (Lipinski definition) is 2. The summed E-state index contributed by atoms with van der Waals surface area (Å²) in [5, 5.41) is 9.15. The second kappa shape index (κ2) is 3.75. The fraction of sp³-hybridized carbons (Fsp3) is 0.875. The van der Waals surface area contributed by atoms with Crippen LogP contribution in [0.25, 0.3) is 0 Å². The molecule has 3 aliphatic carbocycles. The average Bonchev–Trinajstić information content (AvgIpc) is 2.87. The molecule has 1 heterocycles. The lowest BCUT2D eigenvalue weighted by atomic mass is 9.82. The molecule has 0 aromatic rings. The largest absolute Gasteiger partial charge is 0.342 e. The minimum absolute atomic E-state index is 0.199. The quantitative estimate of drug-likeness (QED) is 0.725. The first-order valence-electron chi connectivity index (χ1n) is 7.83. The molecule has 2 bridgehead atoms. The molecule has 0 N–H and O–H groups in total. The number of carbonyl (C=O) groups excluding carboxylic acids is 1. The van der Waals surface area contributed by atoms with E-state index in [2.05, 4.69) is 11.0 Å². The van der Waals surface area contributed by atoms with Gasteiger partial charge in [0, 0.05) is 19.0 Å². The van der Waals surface area contributed by atoms with Crippen LogP contribution in [0.5, 0.6) is 0 Å². The summed E-state index contributed by atoms with van der Waals surface area (Å²) in [6, 6.07) is 2.41. The van der Waals surface area contributed by atoms with Crippen LogP contribution in [-0.4, -0.2) is 23.9 Å². The predicted molar refractivity (Wildman–Crippen MR) is 70.8 cm³/mol. The van der Waals surface area contributed by atoms with Gasteiger partial charge in [0.05, 0.1) is 11.5 Å². The lowest BCUT2D eigenvalue weighted by Gasteiger charge is -2.35. The van der Waals surface area contributed by atoms with Crippen LogP contribution in [-0.2, 0) is 4.79 Å². The molecule has 4 unspecified atom stereocenters. The van der Waals surface area contributed by atoms with Gasteiger partial charge >= 0.3 is 0 Å². The Hall–Kier alpha value is -1.04. The molecule has 102 valence electrons. The molecule has 3 nitrogen and oxygen atoms in total. The van der Waals surface area contributed by atoms with Crippen molar-refractivity contribution >= 4 is 5.91 Å². The summed E-state index contributed by atoms with van der Waals surface area (Å²) in [7, 11) is 0. The van der Waals surface area contributed by atoms with Crippen molar-refractivity contribution in [1.82, 2.24) is 4.90 Å². The molecule has 1 aliphatic heterocycles. The minimum Gasteiger partial charge on any atom is -0.342 e. The zero-order chi connectivity index (χ0) is 13.2. The van der Waals surface area contributed by atoms with Gasteiger partial charge in [-0.3, -0.25) is 4.79 Å². The molecule has 0 radical (unpaired) electrons. The Morgan fingerprint density at radius 2 is 1.79 bits per heavy atom. The molecule has 1 amide bonds. The molecule has 4 fully saturated rings. The molecule has 0 aromatic carbocycles. The van der Waals surface area contributed by atoms with Crippen LogP contribution in [0.1, 0.15) is 39.0 Å². The van der Waals surface area contributed by atoms with E-state index >= 15 is 0 Å². The fourth-order valence-electron chi connectivity index (χ4n) is 5.20. The van der Waals surface area contributed by atoms with Crippen molar-refractivity contribution in [2.45, 2.75) is 39.0 Å². The fourth-order valence-corrected chi connectivity index (χ4v) is 5.20. The summed E-state index contributed by atoms with van der Waals surface area (Å²) in [5.74, 6) is 4.03. The van der Waals surface area contributed by atoms with E-state index in [1.807, 2.05) is 6.92 Å². The highest BCUT2D eigenvalue weighted by Gasteiger charge is 2.68. The number of rotatable bonds is 1. The van der Waals surface area contributed by atoms with Crippen LogP contribution in [0.3, 0.4) is 0 Å². The monoisotopic (exact) mass is 258 g/mol. The predicted octanol–water partition coefficient (Wildman–Crippen LogP) is 2.43. The van der Waals surface area contributed by atoms with Gasteiger partial charge in [-0.1, -0.05) is 0 Å². The third-order valence-electron chi connectivity index (χ3n) is 6.47. The zero-order valence-corrected chi connectivity index (χ0v) is 11.6. The topological polar surface area (TPSA) is 44.1 Å². The first kappa shape index (κ1) is 11.8. The van der Waals surface area contributed by atoms with E-state index in [0.29, 0.717) is 11.8 Å². The lowest BCUT2D eigenvalue weighted by Crippen LogP contribution is -2.43. The van der Waals surface area contributed by atoms with Crippen molar-refractivity contribution in [3.63, 3.8) is 0 Å². The number of amides is 1. The van der Waals surface area contributed by atoms with E-state index in [9.17, 15) is 4.79 Å². The van der Waals surface area contributed by atoms with E-state index in [4.69, 9.17) is 5.26 Å². The number of fused-ring (bicyclic) bond motifs is 5. The molecule has 3 heteroatoms. The minimum atomic E-state index is -0.199. The van der Waals surface area contributed by atoms with Gasteiger partial charge in [0.2, 0.25) is 5.91 Å². The average molecular weight is 258 g/mol. The van der Waals surface area contributed by atoms with Gasteiger partial charge in [0.15, 0.2) is 0 Å². The van der Waals surface area contributed by atoms with E-state index in [0.717, 1.165) is 49.6 Å². The van der Waals surface area contributed by atoms with E-state index in [1.165, 1.54) is 19.3 Å². The van der Waals surface area contributed by atoms with Gasteiger partial charge < -0.3 is 4.90 Å². The summed E-state index contributed by atoms with van der Waals surface area (Å²) in [4.78, 5) is 14.7. The van der Waals surface area contributed by atoms with Crippen molar-refractivity contribution in [2.24, 2.45) is 35.0 Å². The van der Waals surface area contributed by atoms with Gasteiger partial charge in [-0.2, -0.15) is 5.26 Å². The van der Waals surface area contributed by atoms with Crippen LogP contribution < -0.4 is 0 Å². The highest BCUT2D eigenvalue weighted by molar-refractivity contribution is 5.83. The Bertz CT molecular complexity index is 442. The molecular weight excluding hydrogens is 236 g/mol. The number of nitrogens with zero attached hydrogens (tertiary/aromatic N) is 2. The van der Waals surface area contributed by atoms with E-state index in [1.54, 1.807) is 0 Å². The lowest BCUT2D eigenvalue weighted by molar-refractivity contribution is -0.135. The molecule has 3 saturated carbocycles. The number of nitriles is 1. The highest BCUT2D eigenvalue weighted by Crippen LogP contribution is 2.69. The summed E-state index contributed by atoms with van der Waals surface area (Å²) < 4.78 is 0. The van der Waals surface area contributed by atoms with Gasteiger partial charge in [-0.25, -0.2) is 0 Å². The van der Waals surface area contributed by atoms with Crippen LogP contribution in [0, 0.1) is 46.3 Å².